The standard InChI is InChI=1S/C40H42O22/c1-55-25-8-16(2-5-21(25)43)3-7-30(47)56-14-27-32(49)35(52)37(54)40(62-27)60-26-12-19-23(58-38(26)17-4-6-20(42)22(44)9-17)10-18(41)11-24(19)59-39-36(53)34(51)33(50)28(61-39)15-57-31(48)13-29(45)46/h2-12,23,27-28,32-37,39-44,49-54H,13-15H2,1H3,(H,45,46)/p+1. The second-order valence-electron chi connectivity index (χ2n) is 14.1. The number of phenols is 3. The highest BCUT2D eigenvalue weighted by atomic mass is 16.7. The Morgan fingerprint density at radius 2 is 1.37 bits per heavy atom. The number of methoxy groups -OCH3 is 1. The summed E-state index contributed by atoms with van der Waals surface area (Å²) in [6.45, 7) is -1.42. The number of carbonyl (C=O) groups excluding carboxylic acids is 2. The highest BCUT2D eigenvalue weighted by Gasteiger charge is 2.49. The summed E-state index contributed by atoms with van der Waals surface area (Å²) in [6.07, 6.45) is -14.3. The minimum Gasteiger partial charge on any atom is -0.571 e. The lowest BCUT2D eigenvalue weighted by Crippen LogP contribution is -2.59. The Hall–Kier alpha value is -6.37. The Morgan fingerprint density at radius 3 is 2.00 bits per heavy atom. The van der Waals surface area contributed by atoms with Crippen LogP contribution < -0.4 is 4.74 Å². The maximum Gasteiger partial charge on any atom is 0.330 e. The molecular formula is C40H43O22+. The van der Waals surface area contributed by atoms with Crippen molar-refractivity contribution in [1.29, 1.82) is 0 Å². The second-order valence-corrected chi connectivity index (χ2v) is 14.1. The molecule has 334 valence electrons. The van der Waals surface area contributed by atoms with Gasteiger partial charge in [0.25, 0.3) is 0 Å². The van der Waals surface area contributed by atoms with Crippen LogP contribution in [0.5, 0.6) is 23.0 Å². The van der Waals surface area contributed by atoms with Gasteiger partial charge in [0.1, 0.15) is 80.0 Å². The molecule has 2 saturated heterocycles. The Kier molecular flexibility index (Phi) is 13.9. The summed E-state index contributed by atoms with van der Waals surface area (Å²) in [6, 6.07) is 7.87. The molecule has 11 atom stereocenters. The molecule has 22 heteroatoms. The number of ether oxygens (including phenoxy) is 8. The van der Waals surface area contributed by atoms with E-state index >= 15 is 0 Å². The van der Waals surface area contributed by atoms with Crippen LogP contribution in [-0.2, 0) is 42.8 Å². The van der Waals surface area contributed by atoms with Crippen LogP contribution in [-0.4, -0.2) is 167 Å². The highest BCUT2D eigenvalue weighted by molar-refractivity contribution is 5.90. The average molecular weight is 876 g/mol. The van der Waals surface area contributed by atoms with Gasteiger partial charge < -0.3 is 94.1 Å². The van der Waals surface area contributed by atoms with Gasteiger partial charge in [-0.3, -0.25) is 9.59 Å². The zero-order valence-electron chi connectivity index (χ0n) is 32.3. The number of benzene rings is 2. The van der Waals surface area contributed by atoms with E-state index in [1.807, 2.05) is 0 Å². The number of carboxylic acids is 1. The van der Waals surface area contributed by atoms with Gasteiger partial charge in [0.15, 0.2) is 23.0 Å². The number of esters is 2. The molecule has 0 aromatic heterocycles. The Labute approximate surface area is 349 Å². The second kappa shape index (κ2) is 19.1. The van der Waals surface area contributed by atoms with Crippen LogP contribution in [0.3, 0.4) is 0 Å². The molecule has 0 amide bonds. The molecule has 6 rings (SSSR count). The molecule has 0 saturated carbocycles. The van der Waals surface area contributed by atoms with E-state index in [0.717, 1.165) is 24.3 Å². The van der Waals surface area contributed by atoms with Gasteiger partial charge in [0, 0.05) is 24.3 Å². The van der Waals surface area contributed by atoms with Crippen molar-refractivity contribution in [1.82, 2.24) is 0 Å². The number of hydrogen-bond acceptors (Lipinski definition) is 20. The van der Waals surface area contributed by atoms with Crippen LogP contribution in [0.25, 0.3) is 11.8 Å². The quantitative estimate of drug-likeness (QED) is 0.0341. The summed E-state index contributed by atoms with van der Waals surface area (Å²) in [7, 11) is 1.34. The molecule has 11 unspecified atom stereocenters. The molecule has 62 heavy (non-hydrogen) atoms. The molecule has 0 spiro atoms. The number of allylic oxidation sites excluding steroid dienone is 2. The number of aliphatic hydroxyl groups is 9. The van der Waals surface area contributed by atoms with Crippen molar-refractivity contribution in [3.8, 4) is 23.0 Å². The Bertz CT molecular complexity index is 2180. The SMILES string of the molecule is COc1cc(C=CC(=O)OCC2OC(OC3=C(c4ccc(O)c(O)c4)[OH+]C4C=C(O)C=C(OC5OC(COC(=O)CC(=O)O)C(O)C(O)C5O)C4=C3)C(O)C(O)C2O)ccc1O. The lowest BCUT2D eigenvalue weighted by Gasteiger charge is -2.41. The molecule has 2 aromatic carbocycles. The number of aliphatic hydroxyl groups excluding tert-OH is 7. The van der Waals surface area contributed by atoms with E-state index in [9.17, 15) is 65.4 Å². The van der Waals surface area contributed by atoms with Crippen LogP contribution in [0.4, 0.5) is 0 Å². The largest absolute Gasteiger partial charge is 0.571 e. The zero-order valence-corrected chi connectivity index (χ0v) is 32.3. The lowest BCUT2D eigenvalue weighted by atomic mass is 9.96. The molecule has 2 fully saturated rings. The molecular weight excluding hydrogens is 832 g/mol. The van der Waals surface area contributed by atoms with Crippen molar-refractivity contribution < 1.29 is 108 Å². The van der Waals surface area contributed by atoms with E-state index in [0.29, 0.717) is 5.56 Å². The summed E-state index contributed by atoms with van der Waals surface area (Å²) >= 11 is 0. The number of phenolic OH excluding ortho intramolecular Hbond substituents is 3. The van der Waals surface area contributed by atoms with Crippen LogP contribution >= 0.6 is 0 Å². The smallest absolute Gasteiger partial charge is 0.330 e. The number of aliphatic carboxylic acids is 1. The molecule has 1 aliphatic carbocycles. The first-order valence-corrected chi connectivity index (χ1v) is 18.6. The van der Waals surface area contributed by atoms with Crippen molar-refractivity contribution in [2.75, 3.05) is 20.3 Å². The average Bonchev–Trinajstić information content (AvgIpc) is 3.23. The Morgan fingerprint density at radius 1 is 0.742 bits per heavy atom. The monoisotopic (exact) mass is 875 g/mol. The van der Waals surface area contributed by atoms with Crippen molar-refractivity contribution >= 4 is 29.7 Å². The molecule has 22 nitrogen and oxygen atoms in total. The minimum absolute atomic E-state index is 0.0554. The van der Waals surface area contributed by atoms with E-state index in [1.165, 1.54) is 49.6 Å². The topological polar surface area (TPSA) is 351 Å². The third-order valence-electron chi connectivity index (χ3n) is 9.78. The number of fused-ring (bicyclic) bond motifs is 1. The zero-order chi connectivity index (χ0) is 45.0. The van der Waals surface area contributed by atoms with Gasteiger partial charge in [0.05, 0.1) is 24.3 Å². The summed E-state index contributed by atoms with van der Waals surface area (Å²) in [4.78, 5) is 35.3. The fourth-order valence-electron chi connectivity index (χ4n) is 6.50. The molecule has 4 aliphatic rings. The number of hydrogen-bond donors (Lipinski definition) is 11. The van der Waals surface area contributed by atoms with Gasteiger partial charge in [-0.1, -0.05) is 6.07 Å². The van der Waals surface area contributed by atoms with E-state index < -0.39 is 122 Å². The lowest BCUT2D eigenvalue weighted by molar-refractivity contribution is -0.292. The van der Waals surface area contributed by atoms with E-state index in [4.69, 9.17) is 38.3 Å². The first kappa shape index (κ1) is 45.2. The molecule has 2 aromatic rings. The van der Waals surface area contributed by atoms with Crippen molar-refractivity contribution in [2.24, 2.45) is 0 Å². The van der Waals surface area contributed by atoms with E-state index in [-0.39, 0.29) is 39.9 Å². The summed E-state index contributed by atoms with van der Waals surface area (Å²) in [5.74, 6) is -5.69. The predicted octanol–water partition coefficient (Wildman–Crippen LogP) is -1.42. The number of carbonyl (C=O) groups is 3. The molecule has 3 aliphatic heterocycles. The fourth-order valence-corrected chi connectivity index (χ4v) is 6.50. The number of rotatable bonds is 14. The highest BCUT2D eigenvalue weighted by Crippen LogP contribution is 2.40. The summed E-state index contributed by atoms with van der Waals surface area (Å²) in [5.41, 5.74) is 0.623. The summed E-state index contributed by atoms with van der Waals surface area (Å²) in [5, 5.41) is 114. The van der Waals surface area contributed by atoms with Gasteiger partial charge in [-0.05, 0) is 35.9 Å². The van der Waals surface area contributed by atoms with Crippen molar-refractivity contribution in [3.05, 3.63) is 94.7 Å². The van der Waals surface area contributed by atoms with Crippen LogP contribution in [0.2, 0.25) is 0 Å². The van der Waals surface area contributed by atoms with Gasteiger partial charge >= 0.3 is 23.7 Å². The number of carboxylic acid groups (broad SMARTS) is 1. The summed E-state index contributed by atoms with van der Waals surface area (Å²) < 4.78 is 43.1. The third-order valence-corrected chi connectivity index (χ3v) is 9.78. The fraction of sp³-hybridized carbons (Fsp3) is 0.375. The maximum atomic E-state index is 12.6. The van der Waals surface area contributed by atoms with Crippen LogP contribution in [0.1, 0.15) is 17.5 Å². The molecule has 12 N–H and O–H groups in total. The third kappa shape index (κ3) is 10.2. The Balaban J connectivity index is 1.25. The number of aromatic hydroxyl groups is 3. The normalized spacial score (nSPS) is 29.6. The molecule has 0 radical (unpaired) electrons. The van der Waals surface area contributed by atoms with Gasteiger partial charge in [0.2, 0.25) is 24.4 Å². The van der Waals surface area contributed by atoms with E-state index in [1.54, 1.807) is 0 Å². The first-order chi connectivity index (χ1) is 29.4. The molecule has 3 heterocycles. The minimum atomic E-state index is -1.96. The van der Waals surface area contributed by atoms with Crippen molar-refractivity contribution in [3.63, 3.8) is 0 Å². The van der Waals surface area contributed by atoms with Crippen LogP contribution in [0, 0.1) is 0 Å². The van der Waals surface area contributed by atoms with Gasteiger partial charge in [-0.2, -0.15) is 0 Å². The molecule has 0 bridgehead atoms. The van der Waals surface area contributed by atoms with Crippen LogP contribution in [0.15, 0.2) is 83.6 Å². The van der Waals surface area contributed by atoms with Gasteiger partial charge in [-0.25, -0.2) is 4.79 Å². The van der Waals surface area contributed by atoms with E-state index in [2.05, 4.69) is 4.74 Å². The predicted molar refractivity (Wildman–Crippen MR) is 203 cm³/mol. The maximum absolute atomic E-state index is 12.6. The first-order valence-electron chi connectivity index (χ1n) is 18.6. The van der Waals surface area contributed by atoms with Gasteiger partial charge in [-0.15, -0.1) is 0 Å². The van der Waals surface area contributed by atoms with Crippen molar-refractivity contribution in [2.45, 2.75) is 73.9 Å².